The van der Waals surface area contributed by atoms with Gasteiger partial charge in [0.15, 0.2) is 5.78 Å². The monoisotopic (exact) mass is 413 g/mol. The number of esters is 1. The third-order valence-corrected chi connectivity index (χ3v) is 7.59. The highest BCUT2D eigenvalue weighted by molar-refractivity contribution is 6.06. The summed E-state index contributed by atoms with van der Waals surface area (Å²) in [6, 6.07) is 4.05. The summed E-state index contributed by atoms with van der Waals surface area (Å²) in [5, 5.41) is 35.1. The van der Waals surface area contributed by atoms with E-state index >= 15 is 0 Å². The largest absolute Gasteiger partial charge is 0.508 e. The Bertz CT molecular complexity index is 1010. The second-order valence-electron chi connectivity index (χ2n) is 9.07. The van der Waals surface area contributed by atoms with Gasteiger partial charge < -0.3 is 24.9 Å². The van der Waals surface area contributed by atoms with E-state index in [9.17, 15) is 24.9 Å². The van der Waals surface area contributed by atoms with E-state index in [2.05, 4.69) is 5.16 Å². The van der Waals surface area contributed by atoms with Crippen molar-refractivity contribution in [3.05, 3.63) is 35.9 Å². The molecule has 1 aromatic carbocycles. The van der Waals surface area contributed by atoms with Gasteiger partial charge in [0.1, 0.15) is 28.6 Å². The Kier molecular flexibility index (Phi) is 3.72. The van der Waals surface area contributed by atoms with E-state index in [1.165, 1.54) is 30.4 Å². The third kappa shape index (κ3) is 2.17. The van der Waals surface area contributed by atoms with E-state index in [0.29, 0.717) is 24.1 Å². The molecule has 158 valence electrons. The van der Waals surface area contributed by atoms with E-state index in [1.54, 1.807) is 6.92 Å². The minimum atomic E-state index is -1.41. The molecule has 1 saturated heterocycles. The number of allylic oxidation sites excluding steroid dienone is 1. The number of aliphatic hydroxyl groups is 1. The van der Waals surface area contributed by atoms with Crippen LogP contribution in [0, 0.1) is 17.3 Å². The summed E-state index contributed by atoms with van der Waals surface area (Å²) < 4.78 is 5.76. The first kappa shape index (κ1) is 19.1. The highest BCUT2D eigenvalue weighted by atomic mass is 16.7. The average Bonchev–Trinajstić information content (AvgIpc) is 3.30. The fraction of sp³-hybridized carbons (Fsp3) is 0.500. The highest BCUT2D eigenvalue weighted by Gasteiger charge is 2.73. The molecule has 1 spiro atoms. The number of oxime groups is 1. The number of hydrogen-bond donors (Lipinski definition) is 3. The second kappa shape index (κ2) is 5.85. The number of benzene rings is 1. The van der Waals surface area contributed by atoms with Gasteiger partial charge in [-0.05, 0) is 50.0 Å². The molecular formula is C22H23NO7. The maximum atomic E-state index is 13.1. The van der Waals surface area contributed by atoms with Crippen LogP contribution in [0.3, 0.4) is 0 Å². The van der Waals surface area contributed by atoms with Gasteiger partial charge in [0.05, 0.1) is 11.6 Å². The Balaban J connectivity index is 1.54. The van der Waals surface area contributed by atoms with Crippen molar-refractivity contribution in [1.82, 2.24) is 0 Å². The van der Waals surface area contributed by atoms with Crippen LogP contribution in [-0.4, -0.2) is 50.1 Å². The minimum Gasteiger partial charge on any atom is -0.508 e. The number of fused-ring (bicyclic) bond motifs is 4. The predicted molar refractivity (Wildman–Crippen MR) is 104 cm³/mol. The van der Waals surface area contributed by atoms with Gasteiger partial charge in [0.25, 0.3) is 0 Å². The zero-order valence-electron chi connectivity index (χ0n) is 16.7. The van der Waals surface area contributed by atoms with Gasteiger partial charge in [-0.3, -0.25) is 4.79 Å². The van der Waals surface area contributed by atoms with Gasteiger partial charge in [-0.2, -0.15) is 0 Å². The van der Waals surface area contributed by atoms with Gasteiger partial charge in [0.2, 0.25) is 5.60 Å². The number of hydrogen-bond acceptors (Lipinski definition) is 8. The van der Waals surface area contributed by atoms with Crippen molar-refractivity contribution >= 4 is 17.5 Å². The topological polar surface area (TPSA) is 126 Å². The molecule has 2 aliphatic carbocycles. The molecule has 2 fully saturated rings. The zero-order valence-corrected chi connectivity index (χ0v) is 16.7. The molecule has 2 aliphatic heterocycles. The molecule has 5 rings (SSSR count). The fourth-order valence-corrected chi connectivity index (χ4v) is 5.71. The van der Waals surface area contributed by atoms with Crippen molar-refractivity contribution in [3.63, 3.8) is 0 Å². The lowest BCUT2D eigenvalue weighted by Crippen LogP contribution is -2.57. The number of ether oxygens (including phenoxy) is 1. The van der Waals surface area contributed by atoms with Crippen LogP contribution in [0.1, 0.15) is 38.7 Å². The summed E-state index contributed by atoms with van der Waals surface area (Å²) >= 11 is 0. The Morgan fingerprint density at radius 3 is 2.53 bits per heavy atom. The number of carbonyl (C=O) groups is 2. The fourth-order valence-electron chi connectivity index (χ4n) is 5.71. The van der Waals surface area contributed by atoms with Gasteiger partial charge >= 0.3 is 5.97 Å². The molecule has 4 aliphatic rings. The lowest BCUT2D eigenvalue weighted by molar-refractivity contribution is -0.169. The van der Waals surface area contributed by atoms with E-state index in [4.69, 9.17) is 9.57 Å². The van der Waals surface area contributed by atoms with Gasteiger partial charge in [0, 0.05) is 18.1 Å². The molecule has 2 heterocycles. The molecule has 8 nitrogen and oxygen atoms in total. The van der Waals surface area contributed by atoms with Crippen molar-refractivity contribution in [3.8, 4) is 11.5 Å². The normalized spacial score (nSPS) is 41.8. The first-order valence-corrected chi connectivity index (χ1v) is 10.1. The van der Waals surface area contributed by atoms with Crippen LogP contribution in [0.15, 0.2) is 35.5 Å². The lowest BCUT2D eigenvalue weighted by Gasteiger charge is -2.43. The number of nitrogens with zero attached hydrogens (tertiary/aromatic N) is 1. The predicted octanol–water partition coefficient (Wildman–Crippen LogP) is 1.81. The molecule has 0 amide bonds. The van der Waals surface area contributed by atoms with E-state index in [1.807, 2.05) is 6.92 Å². The van der Waals surface area contributed by atoms with Crippen LogP contribution < -0.4 is 0 Å². The molecule has 6 atom stereocenters. The van der Waals surface area contributed by atoms with Gasteiger partial charge in [-0.15, -0.1) is 0 Å². The number of aromatic hydroxyl groups is 2. The molecule has 3 unspecified atom stereocenters. The van der Waals surface area contributed by atoms with Crippen molar-refractivity contribution in [2.45, 2.75) is 50.4 Å². The molecule has 1 saturated carbocycles. The number of rotatable bonds is 1. The summed E-state index contributed by atoms with van der Waals surface area (Å²) in [5.74, 6) is -1.85. The van der Waals surface area contributed by atoms with Gasteiger partial charge in [-0.25, -0.2) is 4.79 Å². The maximum absolute atomic E-state index is 13.1. The zero-order chi connectivity index (χ0) is 21.5. The average molecular weight is 413 g/mol. The Labute approximate surface area is 172 Å². The Morgan fingerprint density at radius 2 is 1.83 bits per heavy atom. The van der Waals surface area contributed by atoms with Crippen LogP contribution in [0.2, 0.25) is 0 Å². The smallest absolute Gasteiger partial charge is 0.354 e. The van der Waals surface area contributed by atoms with Crippen LogP contribution in [0.4, 0.5) is 0 Å². The van der Waals surface area contributed by atoms with Gasteiger partial charge in [-0.1, -0.05) is 12.1 Å². The Hall–Kier alpha value is -2.87. The maximum Gasteiger partial charge on any atom is 0.354 e. The van der Waals surface area contributed by atoms with Crippen molar-refractivity contribution in [2.24, 2.45) is 22.4 Å². The molecular weight excluding hydrogens is 390 g/mol. The first-order valence-electron chi connectivity index (χ1n) is 10.1. The van der Waals surface area contributed by atoms with Crippen molar-refractivity contribution in [2.75, 3.05) is 0 Å². The molecule has 0 bridgehead atoms. The molecule has 30 heavy (non-hydrogen) atoms. The summed E-state index contributed by atoms with van der Waals surface area (Å²) in [6.45, 7) is 3.55. The molecule has 0 aromatic heterocycles. The quantitative estimate of drug-likeness (QED) is 0.600. The number of carbonyl (C=O) groups excluding carboxylic acids is 2. The van der Waals surface area contributed by atoms with Crippen molar-refractivity contribution < 1.29 is 34.5 Å². The van der Waals surface area contributed by atoms with E-state index < -0.39 is 34.6 Å². The number of phenols is 2. The second-order valence-corrected chi connectivity index (χ2v) is 9.07. The number of phenolic OH excluding ortho intramolecular Hbond substituents is 2. The Morgan fingerprint density at radius 1 is 1.13 bits per heavy atom. The summed E-state index contributed by atoms with van der Waals surface area (Å²) in [4.78, 5) is 31.7. The molecule has 8 heteroatoms. The highest BCUT2D eigenvalue weighted by Crippen LogP contribution is 2.59. The van der Waals surface area contributed by atoms with Crippen molar-refractivity contribution in [1.29, 1.82) is 0 Å². The summed E-state index contributed by atoms with van der Waals surface area (Å²) in [7, 11) is 0. The number of ketones is 1. The van der Waals surface area contributed by atoms with Crippen LogP contribution in [-0.2, 0) is 19.2 Å². The standard InChI is InChI=1S/C22H23NO7/c1-11-3-4-15-18(20(2)17(26)5-6-22(11,20)28)29-19(27)21(15)10-16(23-30-21)12-7-13(24)9-14(25)8-12/h5-9,11,15,18,24-25,28H,3-4,10H2,1-2H3/t11-,15?,18?,20-,21?,22+/m0/s1. The molecule has 1 aromatic rings. The van der Waals surface area contributed by atoms with Crippen LogP contribution in [0.25, 0.3) is 0 Å². The third-order valence-electron chi connectivity index (χ3n) is 7.59. The van der Waals surface area contributed by atoms with E-state index in [0.717, 1.165) is 0 Å². The molecule has 0 radical (unpaired) electrons. The minimum absolute atomic E-state index is 0.0837. The first-order chi connectivity index (χ1) is 14.1. The summed E-state index contributed by atoms with van der Waals surface area (Å²) in [5.41, 5.74) is -3.29. The van der Waals surface area contributed by atoms with Crippen LogP contribution >= 0.6 is 0 Å². The van der Waals surface area contributed by atoms with Crippen LogP contribution in [0.5, 0.6) is 11.5 Å². The summed E-state index contributed by atoms with van der Waals surface area (Å²) in [6.07, 6.45) is 3.24. The van der Waals surface area contributed by atoms with E-state index in [-0.39, 0.29) is 29.6 Å². The lowest BCUT2D eigenvalue weighted by atomic mass is 9.63. The SMILES string of the molecule is C[C@H]1CCC2C(OC(=O)C23CC(c2cc(O)cc(O)c2)=NO3)[C@]2(C)C(=O)C=C[C@@]12O. The molecule has 3 N–H and O–H groups in total.